The minimum absolute atomic E-state index is 0.000949. The van der Waals surface area contributed by atoms with Crippen molar-refractivity contribution in [1.29, 1.82) is 0 Å². The van der Waals surface area contributed by atoms with Gasteiger partial charge in [0, 0.05) is 44.4 Å². The van der Waals surface area contributed by atoms with Crippen molar-refractivity contribution >= 4 is 34.3 Å². The Hall–Kier alpha value is -2.12. The SMILES string of the molecule is CCn1c(CN)[n+](CC2CCOCC2)c2cc(Cl)c(N(CCO)CCO)cc21.O=C([O-])C(F)(F)F. The second-order valence-electron chi connectivity index (χ2n) is 8.04. The van der Waals surface area contributed by atoms with Gasteiger partial charge in [0.1, 0.15) is 5.97 Å². The largest absolute Gasteiger partial charge is 0.542 e. The molecule has 1 aromatic carbocycles. The van der Waals surface area contributed by atoms with Crippen molar-refractivity contribution in [2.45, 2.75) is 45.6 Å². The number of imidazole rings is 1. The Bertz CT molecular complexity index is 974. The average Bonchev–Trinajstić information content (AvgIpc) is 3.10. The summed E-state index contributed by atoms with van der Waals surface area (Å²) in [6, 6.07) is 4.06. The minimum Gasteiger partial charge on any atom is -0.542 e. The Morgan fingerprint density at radius 3 is 2.31 bits per heavy atom. The van der Waals surface area contributed by atoms with Crippen molar-refractivity contribution in [2.75, 3.05) is 44.4 Å². The Balaban J connectivity index is 0.000000540. The summed E-state index contributed by atoms with van der Waals surface area (Å²) in [6.07, 6.45) is -3.08. The molecule has 2 aromatic rings. The van der Waals surface area contributed by atoms with E-state index < -0.39 is 12.1 Å². The van der Waals surface area contributed by atoms with Crippen molar-refractivity contribution in [2.24, 2.45) is 11.7 Å². The highest BCUT2D eigenvalue weighted by atomic mass is 35.5. The van der Waals surface area contributed by atoms with E-state index in [9.17, 15) is 23.4 Å². The molecule has 13 heteroatoms. The molecule has 0 bridgehead atoms. The maximum atomic E-state index is 10.5. The summed E-state index contributed by atoms with van der Waals surface area (Å²) in [5.41, 5.74) is 9.13. The molecular weight excluding hydrogens is 493 g/mol. The molecule has 9 nitrogen and oxygen atoms in total. The number of aryl methyl sites for hydroxylation is 1. The van der Waals surface area contributed by atoms with Gasteiger partial charge in [0.25, 0.3) is 5.82 Å². The van der Waals surface area contributed by atoms with E-state index in [0.29, 0.717) is 30.6 Å². The third kappa shape index (κ3) is 7.43. The fourth-order valence-corrected chi connectivity index (χ4v) is 4.47. The number of aliphatic carboxylic acids is 1. The number of aromatic nitrogens is 2. The summed E-state index contributed by atoms with van der Waals surface area (Å²) < 4.78 is 41.6. The van der Waals surface area contributed by atoms with Crippen LogP contribution in [0, 0.1) is 5.92 Å². The van der Waals surface area contributed by atoms with E-state index in [1.807, 2.05) is 11.0 Å². The number of ether oxygens (including phenoxy) is 1. The van der Waals surface area contributed by atoms with Gasteiger partial charge >= 0.3 is 6.18 Å². The summed E-state index contributed by atoms with van der Waals surface area (Å²) in [4.78, 5) is 10.7. The van der Waals surface area contributed by atoms with Crippen LogP contribution in [0.5, 0.6) is 0 Å². The molecule has 0 aliphatic carbocycles. The predicted octanol–water partition coefficient (Wildman–Crippen LogP) is 0.577. The summed E-state index contributed by atoms with van der Waals surface area (Å²) in [7, 11) is 0. The molecule has 0 saturated carbocycles. The highest BCUT2D eigenvalue weighted by Crippen LogP contribution is 2.31. The zero-order chi connectivity index (χ0) is 26.2. The number of aliphatic hydroxyl groups excluding tert-OH is 2. The first kappa shape index (κ1) is 29.1. The molecule has 0 amide bonds. The molecule has 0 atom stereocenters. The van der Waals surface area contributed by atoms with Gasteiger partial charge in [-0.25, -0.2) is 9.13 Å². The topological polar surface area (TPSA) is 128 Å². The van der Waals surface area contributed by atoms with E-state index in [1.54, 1.807) is 0 Å². The molecule has 35 heavy (non-hydrogen) atoms. The molecule has 0 radical (unpaired) electrons. The number of anilines is 1. The molecule has 2 heterocycles. The molecule has 1 aliphatic rings. The van der Waals surface area contributed by atoms with Crippen LogP contribution in [0.3, 0.4) is 0 Å². The van der Waals surface area contributed by atoms with Crippen LogP contribution in [-0.4, -0.2) is 66.4 Å². The molecule has 1 saturated heterocycles. The first-order valence-corrected chi connectivity index (χ1v) is 11.7. The van der Waals surface area contributed by atoms with Gasteiger partial charge in [-0.15, -0.1) is 0 Å². The number of carbonyl (C=O) groups excluding carboxylic acids is 1. The first-order valence-electron chi connectivity index (χ1n) is 11.4. The lowest BCUT2D eigenvalue weighted by Crippen LogP contribution is -2.43. The Labute approximate surface area is 206 Å². The Morgan fingerprint density at radius 2 is 1.86 bits per heavy atom. The van der Waals surface area contributed by atoms with E-state index in [-0.39, 0.29) is 13.2 Å². The lowest BCUT2D eigenvalue weighted by atomic mass is 10.0. The number of carbonyl (C=O) groups is 1. The number of halogens is 4. The fraction of sp³-hybridized carbons (Fsp3) is 0.636. The van der Waals surface area contributed by atoms with Crippen LogP contribution in [-0.2, 0) is 29.2 Å². The second-order valence-corrected chi connectivity index (χ2v) is 8.45. The van der Waals surface area contributed by atoms with Crippen LogP contribution in [0.15, 0.2) is 12.1 Å². The minimum atomic E-state index is -5.19. The van der Waals surface area contributed by atoms with Gasteiger partial charge in [-0.1, -0.05) is 11.6 Å². The van der Waals surface area contributed by atoms with E-state index in [4.69, 9.17) is 32.0 Å². The first-order chi connectivity index (χ1) is 16.6. The number of rotatable bonds is 9. The third-order valence-electron chi connectivity index (χ3n) is 5.84. The monoisotopic (exact) mass is 524 g/mol. The van der Waals surface area contributed by atoms with Gasteiger partial charge in [-0.2, -0.15) is 13.2 Å². The fourth-order valence-electron chi connectivity index (χ4n) is 4.20. The van der Waals surface area contributed by atoms with Crippen molar-refractivity contribution in [1.82, 2.24) is 4.57 Å². The van der Waals surface area contributed by atoms with Gasteiger partial charge in [-0.3, -0.25) is 0 Å². The normalized spacial score (nSPS) is 14.6. The molecule has 198 valence electrons. The van der Waals surface area contributed by atoms with Crippen molar-refractivity contribution < 1.29 is 42.6 Å². The number of benzene rings is 1. The number of hydrogen-bond donors (Lipinski definition) is 3. The summed E-state index contributed by atoms with van der Waals surface area (Å²) in [5.74, 6) is -1.35. The number of nitrogens with two attached hydrogens (primary N) is 1. The number of aliphatic hydroxyl groups is 2. The Kier molecular flexibility index (Phi) is 11.0. The van der Waals surface area contributed by atoms with E-state index in [0.717, 1.165) is 61.7 Å². The smallest absolute Gasteiger partial charge is 0.430 e. The second kappa shape index (κ2) is 13.3. The number of hydrogen-bond acceptors (Lipinski definition) is 7. The molecule has 1 fully saturated rings. The molecule has 4 N–H and O–H groups in total. The Morgan fingerprint density at radius 1 is 1.29 bits per heavy atom. The molecule has 0 spiro atoms. The lowest BCUT2D eigenvalue weighted by molar-refractivity contribution is -0.687. The van der Waals surface area contributed by atoms with Gasteiger partial charge in [-0.05, 0) is 19.8 Å². The highest BCUT2D eigenvalue weighted by molar-refractivity contribution is 6.34. The quantitative estimate of drug-likeness (QED) is 0.409. The standard InChI is InChI=1S/C20H32ClN4O3.C2HF3O2/c1-2-24-19-12-17(23(5-7-26)6-8-27)16(21)11-18(19)25(20(24)13-22)14-15-3-9-28-10-4-15;3-2(4,5)1(6)7/h11-12,15,26-27H,2-10,13-14,22H2,1H3;(H,6,7)/q+1;/p-1. The van der Waals surface area contributed by atoms with Crippen LogP contribution in [0.1, 0.15) is 25.6 Å². The molecule has 1 aromatic heterocycles. The van der Waals surface area contributed by atoms with Gasteiger partial charge in [0.05, 0.1) is 43.6 Å². The average molecular weight is 525 g/mol. The van der Waals surface area contributed by atoms with Crippen molar-refractivity contribution in [3.8, 4) is 0 Å². The number of alkyl halides is 3. The molecule has 0 unspecified atom stereocenters. The molecular formula is C22H32ClF3N4O5. The van der Waals surface area contributed by atoms with E-state index in [1.165, 1.54) is 0 Å². The van der Waals surface area contributed by atoms with Crippen molar-refractivity contribution in [3.63, 3.8) is 0 Å². The van der Waals surface area contributed by atoms with Gasteiger partial charge in [0.15, 0.2) is 11.0 Å². The van der Waals surface area contributed by atoms with Crippen LogP contribution < -0.4 is 20.3 Å². The van der Waals surface area contributed by atoms with Crippen LogP contribution in [0.2, 0.25) is 5.02 Å². The van der Waals surface area contributed by atoms with Crippen molar-refractivity contribution in [3.05, 3.63) is 23.0 Å². The zero-order valence-electron chi connectivity index (χ0n) is 19.6. The lowest BCUT2D eigenvalue weighted by Gasteiger charge is -2.24. The van der Waals surface area contributed by atoms with Gasteiger partial charge in [0.2, 0.25) is 0 Å². The number of fused-ring (bicyclic) bond motifs is 1. The highest BCUT2D eigenvalue weighted by Gasteiger charge is 2.29. The maximum Gasteiger partial charge on any atom is 0.430 e. The van der Waals surface area contributed by atoms with Crippen LogP contribution in [0.4, 0.5) is 18.9 Å². The zero-order valence-corrected chi connectivity index (χ0v) is 20.3. The van der Waals surface area contributed by atoms with Crippen LogP contribution >= 0.6 is 11.6 Å². The molecule has 1 aliphatic heterocycles. The summed E-state index contributed by atoms with van der Waals surface area (Å²) >= 11 is 6.65. The van der Waals surface area contributed by atoms with E-state index >= 15 is 0 Å². The summed E-state index contributed by atoms with van der Waals surface area (Å²) in [6.45, 7) is 6.77. The van der Waals surface area contributed by atoms with Gasteiger partial charge < -0.3 is 35.5 Å². The third-order valence-corrected chi connectivity index (χ3v) is 6.14. The van der Waals surface area contributed by atoms with Crippen LogP contribution in [0.25, 0.3) is 11.0 Å². The predicted molar refractivity (Wildman–Crippen MR) is 122 cm³/mol. The van der Waals surface area contributed by atoms with E-state index in [2.05, 4.69) is 22.1 Å². The number of carboxylic acids is 1. The number of carboxylic acid groups (broad SMARTS) is 1. The number of nitrogens with zero attached hydrogens (tertiary/aromatic N) is 3. The molecule has 3 rings (SSSR count). The summed E-state index contributed by atoms with van der Waals surface area (Å²) in [5, 5.41) is 28.2. The maximum absolute atomic E-state index is 10.5.